The van der Waals surface area contributed by atoms with E-state index in [4.69, 9.17) is 4.42 Å². The van der Waals surface area contributed by atoms with Gasteiger partial charge in [-0.3, -0.25) is 0 Å². The number of furan rings is 1. The van der Waals surface area contributed by atoms with Gasteiger partial charge >= 0.3 is 6.03 Å². The van der Waals surface area contributed by atoms with E-state index in [1.807, 2.05) is 6.07 Å². The first kappa shape index (κ1) is 16.0. The van der Waals surface area contributed by atoms with Gasteiger partial charge in [-0.25, -0.2) is 13.2 Å². The normalized spacial score (nSPS) is 25.3. The lowest BCUT2D eigenvalue weighted by molar-refractivity contribution is 0.166. The summed E-state index contributed by atoms with van der Waals surface area (Å²) in [5.74, 6) is 0.865. The highest BCUT2D eigenvalue weighted by atomic mass is 32.2. The van der Waals surface area contributed by atoms with Gasteiger partial charge < -0.3 is 14.6 Å². The van der Waals surface area contributed by atoms with Gasteiger partial charge in [0.15, 0.2) is 0 Å². The van der Waals surface area contributed by atoms with E-state index < -0.39 is 10.0 Å². The zero-order chi connectivity index (χ0) is 16.7. The van der Waals surface area contributed by atoms with Gasteiger partial charge in [-0.2, -0.15) is 4.31 Å². The molecule has 1 N–H and O–H groups in total. The maximum absolute atomic E-state index is 12.5. The van der Waals surface area contributed by atoms with Crippen LogP contribution >= 0.6 is 0 Å². The van der Waals surface area contributed by atoms with E-state index in [-0.39, 0.29) is 17.3 Å². The molecule has 1 saturated heterocycles. The third-order valence-corrected chi connectivity index (χ3v) is 7.56. The molecule has 0 spiro atoms. The largest absolute Gasteiger partial charge is 0.467 e. The zero-order valence-corrected chi connectivity index (χ0v) is 14.4. The Morgan fingerprint density at radius 3 is 2.62 bits per heavy atom. The SMILES string of the molecule is O=C(NC1CCCc2ccoc21)N1CCN(S(=O)(=O)C2CC2)CC1. The number of piperazine rings is 1. The Kier molecular flexibility index (Phi) is 4.04. The topological polar surface area (TPSA) is 82.9 Å². The van der Waals surface area contributed by atoms with Crippen molar-refractivity contribution in [3.05, 3.63) is 23.7 Å². The molecule has 8 heteroatoms. The number of carbonyl (C=O) groups is 1. The van der Waals surface area contributed by atoms with Crippen LogP contribution in [0.15, 0.2) is 16.7 Å². The Balaban J connectivity index is 1.34. The van der Waals surface area contributed by atoms with Crippen LogP contribution in [0.3, 0.4) is 0 Å². The molecular weight excluding hydrogens is 330 g/mol. The van der Waals surface area contributed by atoms with Crippen molar-refractivity contribution in [2.45, 2.75) is 43.4 Å². The number of fused-ring (bicyclic) bond motifs is 1. The summed E-state index contributed by atoms with van der Waals surface area (Å²) in [6, 6.07) is 1.76. The van der Waals surface area contributed by atoms with E-state index in [2.05, 4.69) is 5.32 Å². The summed E-state index contributed by atoms with van der Waals surface area (Å²) < 4.78 is 31.6. The molecule has 1 saturated carbocycles. The monoisotopic (exact) mass is 353 g/mol. The predicted molar refractivity (Wildman–Crippen MR) is 88.0 cm³/mol. The van der Waals surface area contributed by atoms with Crippen LogP contribution in [-0.2, 0) is 16.4 Å². The van der Waals surface area contributed by atoms with Crippen LogP contribution in [-0.4, -0.2) is 55.1 Å². The summed E-state index contributed by atoms with van der Waals surface area (Å²) in [5, 5.41) is 2.86. The number of nitrogens with zero attached hydrogens (tertiary/aromatic N) is 2. The molecule has 1 aromatic heterocycles. The fourth-order valence-corrected chi connectivity index (χ4v) is 5.41. The van der Waals surface area contributed by atoms with Crippen LogP contribution in [0.25, 0.3) is 0 Å². The molecule has 0 aromatic carbocycles. The van der Waals surface area contributed by atoms with E-state index in [1.165, 1.54) is 5.56 Å². The Morgan fingerprint density at radius 1 is 1.17 bits per heavy atom. The Morgan fingerprint density at radius 2 is 1.92 bits per heavy atom. The van der Waals surface area contributed by atoms with Crippen molar-refractivity contribution in [2.75, 3.05) is 26.2 Å². The number of aryl methyl sites for hydroxylation is 1. The lowest BCUT2D eigenvalue weighted by Gasteiger charge is -2.35. The first-order valence-corrected chi connectivity index (χ1v) is 10.2. The average Bonchev–Trinajstić information content (AvgIpc) is 3.34. The minimum absolute atomic E-state index is 0.0792. The summed E-state index contributed by atoms with van der Waals surface area (Å²) in [6.45, 7) is 1.66. The highest BCUT2D eigenvalue weighted by Gasteiger charge is 2.41. The summed E-state index contributed by atoms with van der Waals surface area (Å²) in [6.07, 6.45) is 6.13. The number of sulfonamides is 1. The maximum Gasteiger partial charge on any atom is 0.318 e. The molecule has 1 aromatic rings. The molecule has 1 atom stereocenters. The van der Waals surface area contributed by atoms with Gasteiger partial charge in [0.25, 0.3) is 0 Å². The summed E-state index contributed by atoms with van der Waals surface area (Å²) in [4.78, 5) is 14.2. The van der Waals surface area contributed by atoms with Crippen molar-refractivity contribution in [3.8, 4) is 0 Å². The summed E-state index contributed by atoms with van der Waals surface area (Å²) in [7, 11) is -3.14. The Bertz CT molecular complexity index is 717. The van der Waals surface area contributed by atoms with Crippen LogP contribution in [0.1, 0.15) is 43.0 Å². The van der Waals surface area contributed by atoms with Crippen molar-refractivity contribution < 1.29 is 17.6 Å². The molecule has 2 aliphatic carbocycles. The number of hydrogen-bond donors (Lipinski definition) is 1. The smallest absolute Gasteiger partial charge is 0.318 e. The van der Waals surface area contributed by atoms with E-state index in [0.29, 0.717) is 26.2 Å². The predicted octanol–water partition coefficient (Wildman–Crippen LogP) is 1.48. The standard InChI is InChI=1S/C16H23N3O4S/c20-16(17-14-3-1-2-12-6-11-23-15(12)14)18-7-9-19(10-8-18)24(21,22)13-4-5-13/h6,11,13-14H,1-5,7-10H2,(H,17,20). The van der Waals surface area contributed by atoms with Gasteiger partial charge in [-0.05, 0) is 43.7 Å². The molecule has 0 radical (unpaired) electrons. The lowest BCUT2D eigenvalue weighted by Crippen LogP contribution is -2.54. The molecule has 2 heterocycles. The van der Waals surface area contributed by atoms with E-state index in [1.54, 1.807) is 15.5 Å². The second-order valence-electron chi connectivity index (χ2n) is 6.83. The minimum Gasteiger partial charge on any atom is -0.467 e. The van der Waals surface area contributed by atoms with Crippen molar-refractivity contribution in [1.29, 1.82) is 0 Å². The molecule has 7 nitrogen and oxygen atoms in total. The van der Waals surface area contributed by atoms with Crippen LogP contribution in [0.4, 0.5) is 4.79 Å². The number of rotatable bonds is 3. The molecule has 4 rings (SSSR count). The highest BCUT2D eigenvalue weighted by Crippen LogP contribution is 2.32. The van der Waals surface area contributed by atoms with Gasteiger partial charge in [0.2, 0.25) is 10.0 Å². The Labute approximate surface area is 142 Å². The third-order valence-electron chi connectivity index (χ3n) is 5.17. The van der Waals surface area contributed by atoms with Gasteiger partial charge in [0.1, 0.15) is 5.76 Å². The second-order valence-corrected chi connectivity index (χ2v) is 9.05. The first-order valence-electron chi connectivity index (χ1n) is 8.66. The molecule has 1 unspecified atom stereocenters. The highest BCUT2D eigenvalue weighted by molar-refractivity contribution is 7.90. The van der Waals surface area contributed by atoms with Crippen LogP contribution < -0.4 is 5.32 Å². The van der Waals surface area contributed by atoms with Crippen LogP contribution in [0.5, 0.6) is 0 Å². The van der Waals surface area contributed by atoms with Gasteiger partial charge in [0.05, 0.1) is 17.6 Å². The number of urea groups is 1. The molecular formula is C16H23N3O4S. The van der Waals surface area contributed by atoms with E-state index in [0.717, 1.165) is 37.9 Å². The third kappa shape index (κ3) is 2.93. The van der Waals surface area contributed by atoms with Gasteiger partial charge in [0, 0.05) is 26.2 Å². The van der Waals surface area contributed by atoms with Crippen molar-refractivity contribution in [1.82, 2.24) is 14.5 Å². The molecule has 2 fully saturated rings. The van der Waals surface area contributed by atoms with Crippen molar-refractivity contribution >= 4 is 16.1 Å². The fraction of sp³-hybridized carbons (Fsp3) is 0.688. The van der Waals surface area contributed by atoms with Gasteiger partial charge in [-0.1, -0.05) is 0 Å². The van der Waals surface area contributed by atoms with Crippen molar-refractivity contribution in [3.63, 3.8) is 0 Å². The zero-order valence-electron chi connectivity index (χ0n) is 13.6. The quantitative estimate of drug-likeness (QED) is 0.892. The summed E-state index contributed by atoms with van der Waals surface area (Å²) >= 11 is 0. The summed E-state index contributed by atoms with van der Waals surface area (Å²) in [5.41, 5.74) is 1.17. The number of carbonyl (C=O) groups excluding carboxylic acids is 1. The maximum atomic E-state index is 12.5. The molecule has 1 aliphatic heterocycles. The Hall–Kier alpha value is -1.54. The van der Waals surface area contributed by atoms with Crippen LogP contribution in [0, 0.1) is 0 Å². The molecule has 3 aliphatic rings. The second kappa shape index (κ2) is 6.07. The minimum atomic E-state index is -3.14. The molecule has 132 valence electrons. The van der Waals surface area contributed by atoms with Crippen molar-refractivity contribution in [2.24, 2.45) is 0 Å². The van der Waals surface area contributed by atoms with Crippen LogP contribution in [0.2, 0.25) is 0 Å². The molecule has 24 heavy (non-hydrogen) atoms. The molecule has 2 amide bonds. The fourth-order valence-electron chi connectivity index (χ4n) is 3.59. The average molecular weight is 353 g/mol. The first-order chi connectivity index (χ1) is 11.6. The van der Waals surface area contributed by atoms with E-state index >= 15 is 0 Å². The molecule has 0 bridgehead atoms. The van der Waals surface area contributed by atoms with Gasteiger partial charge in [-0.15, -0.1) is 0 Å². The number of amides is 2. The number of hydrogen-bond acceptors (Lipinski definition) is 4. The lowest BCUT2D eigenvalue weighted by atomic mass is 9.94. The number of nitrogens with one attached hydrogen (secondary N) is 1. The van der Waals surface area contributed by atoms with E-state index in [9.17, 15) is 13.2 Å².